The van der Waals surface area contributed by atoms with Crippen LogP contribution in [0.3, 0.4) is 0 Å². The van der Waals surface area contributed by atoms with Gasteiger partial charge in [0, 0.05) is 5.56 Å². The monoisotopic (exact) mass is 312 g/mol. The quantitative estimate of drug-likeness (QED) is 0.623. The Morgan fingerprint density at radius 1 is 1.00 bits per heavy atom. The summed E-state index contributed by atoms with van der Waals surface area (Å²) in [7, 11) is 1.48. The van der Waals surface area contributed by atoms with Crippen molar-refractivity contribution in [3.63, 3.8) is 0 Å². The molecule has 0 bridgehead atoms. The Labute approximate surface area is 136 Å². The summed E-state index contributed by atoms with van der Waals surface area (Å²) >= 11 is 0. The van der Waals surface area contributed by atoms with Crippen molar-refractivity contribution in [3.8, 4) is 5.75 Å². The van der Waals surface area contributed by atoms with Gasteiger partial charge < -0.3 is 9.47 Å². The summed E-state index contributed by atoms with van der Waals surface area (Å²) in [5.74, 6) is -0.369. The van der Waals surface area contributed by atoms with Gasteiger partial charge in [-0.2, -0.15) is 0 Å². The number of benzene rings is 2. The van der Waals surface area contributed by atoms with E-state index in [2.05, 4.69) is 0 Å². The van der Waals surface area contributed by atoms with Gasteiger partial charge in [-0.15, -0.1) is 0 Å². The molecule has 0 N–H and O–H groups in total. The van der Waals surface area contributed by atoms with Crippen LogP contribution in [0.25, 0.3) is 0 Å². The van der Waals surface area contributed by atoms with E-state index in [1.54, 1.807) is 31.2 Å². The molecule has 2 rings (SSSR count). The number of esters is 1. The summed E-state index contributed by atoms with van der Waals surface area (Å²) in [4.78, 5) is 24.8. The van der Waals surface area contributed by atoms with Crippen LogP contribution in [0.15, 0.2) is 42.5 Å². The standard InChI is InChI=1S/C19H20O4/c1-12-9-10-13(2)16(11-12)18(20)14(3)23-19(21)15-7-5-6-8-17(15)22-4/h5-11,14H,1-4H3/t14-/m0/s1. The van der Waals surface area contributed by atoms with Gasteiger partial charge in [-0.1, -0.05) is 29.8 Å². The third kappa shape index (κ3) is 3.77. The van der Waals surface area contributed by atoms with E-state index in [4.69, 9.17) is 9.47 Å². The predicted octanol–water partition coefficient (Wildman–Crippen LogP) is 3.74. The number of hydrogen-bond acceptors (Lipinski definition) is 4. The maximum atomic E-state index is 12.5. The van der Waals surface area contributed by atoms with E-state index >= 15 is 0 Å². The third-order valence-electron chi connectivity index (χ3n) is 3.64. The Balaban J connectivity index is 2.18. The van der Waals surface area contributed by atoms with Crippen molar-refractivity contribution in [2.24, 2.45) is 0 Å². The number of hydrogen-bond donors (Lipinski definition) is 0. The normalized spacial score (nSPS) is 11.7. The van der Waals surface area contributed by atoms with E-state index in [0.717, 1.165) is 11.1 Å². The molecule has 1 atom stereocenters. The highest BCUT2D eigenvalue weighted by Crippen LogP contribution is 2.20. The van der Waals surface area contributed by atoms with E-state index in [9.17, 15) is 9.59 Å². The lowest BCUT2D eigenvalue weighted by Crippen LogP contribution is -2.25. The van der Waals surface area contributed by atoms with E-state index in [-0.39, 0.29) is 5.78 Å². The lowest BCUT2D eigenvalue weighted by molar-refractivity contribution is 0.0315. The summed E-state index contributed by atoms with van der Waals surface area (Å²) in [6, 6.07) is 12.4. The van der Waals surface area contributed by atoms with Crippen LogP contribution >= 0.6 is 0 Å². The Morgan fingerprint density at radius 3 is 2.39 bits per heavy atom. The minimum Gasteiger partial charge on any atom is -0.496 e. The van der Waals surface area contributed by atoms with Gasteiger partial charge in [0.05, 0.1) is 7.11 Å². The number of rotatable bonds is 5. The maximum Gasteiger partial charge on any atom is 0.342 e. The van der Waals surface area contributed by atoms with Crippen molar-refractivity contribution >= 4 is 11.8 Å². The molecule has 0 radical (unpaired) electrons. The molecule has 120 valence electrons. The molecule has 0 saturated heterocycles. The second kappa shape index (κ2) is 7.09. The van der Waals surface area contributed by atoms with Crippen LogP contribution in [0.5, 0.6) is 5.75 Å². The SMILES string of the molecule is COc1ccccc1C(=O)O[C@@H](C)C(=O)c1cc(C)ccc1C. The van der Waals surface area contributed by atoms with Gasteiger partial charge >= 0.3 is 5.97 Å². The van der Waals surface area contributed by atoms with Gasteiger partial charge in [-0.25, -0.2) is 4.79 Å². The zero-order chi connectivity index (χ0) is 17.0. The zero-order valence-electron chi connectivity index (χ0n) is 13.8. The molecule has 0 unspecified atom stereocenters. The molecule has 2 aromatic rings. The molecule has 0 saturated carbocycles. The van der Waals surface area contributed by atoms with Crippen LogP contribution in [0.1, 0.15) is 38.8 Å². The van der Waals surface area contributed by atoms with Gasteiger partial charge in [0.2, 0.25) is 5.78 Å². The highest BCUT2D eigenvalue weighted by atomic mass is 16.5. The first-order valence-electron chi connectivity index (χ1n) is 7.39. The first-order valence-corrected chi connectivity index (χ1v) is 7.39. The van der Waals surface area contributed by atoms with Gasteiger partial charge in [0.25, 0.3) is 0 Å². The van der Waals surface area contributed by atoms with Crippen LogP contribution in [-0.4, -0.2) is 25.0 Å². The highest BCUT2D eigenvalue weighted by Gasteiger charge is 2.23. The average Bonchev–Trinajstić information content (AvgIpc) is 2.56. The molecule has 4 heteroatoms. The third-order valence-corrected chi connectivity index (χ3v) is 3.64. The van der Waals surface area contributed by atoms with Gasteiger partial charge in [0.1, 0.15) is 11.3 Å². The summed E-state index contributed by atoms with van der Waals surface area (Å²) in [5, 5.41) is 0. The van der Waals surface area contributed by atoms with E-state index in [1.807, 2.05) is 32.0 Å². The Hall–Kier alpha value is -2.62. The van der Waals surface area contributed by atoms with Crippen molar-refractivity contribution in [1.82, 2.24) is 0 Å². The van der Waals surface area contributed by atoms with Crippen LogP contribution in [0.2, 0.25) is 0 Å². The minimum absolute atomic E-state index is 0.213. The molecule has 0 aliphatic carbocycles. The molecule has 0 spiro atoms. The Morgan fingerprint density at radius 2 is 1.70 bits per heavy atom. The summed E-state index contributed by atoms with van der Waals surface area (Å²) in [5.41, 5.74) is 2.73. The lowest BCUT2D eigenvalue weighted by Gasteiger charge is -2.15. The Kier molecular flexibility index (Phi) is 5.16. The molecular formula is C19H20O4. The number of methoxy groups -OCH3 is 1. The average molecular weight is 312 g/mol. The molecule has 0 aliphatic rings. The van der Waals surface area contributed by atoms with Crippen molar-refractivity contribution in [2.45, 2.75) is 26.9 Å². The second-order valence-electron chi connectivity index (χ2n) is 5.43. The van der Waals surface area contributed by atoms with Crippen molar-refractivity contribution in [2.75, 3.05) is 7.11 Å². The van der Waals surface area contributed by atoms with Crippen LogP contribution in [0.4, 0.5) is 0 Å². The number of Topliss-reactive ketones (excluding diaryl/α,β-unsaturated/α-hetero) is 1. The van der Waals surface area contributed by atoms with Gasteiger partial charge in [-0.05, 0) is 44.5 Å². The van der Waals surface area contributed by atoms with E-state index in [1.165, 1.54) is 7.11 Å². The molecule has 0 aliphatic heterocycles. The predicted molar refractivity (Wildman–Crippen MR) is 88.1 cm³/mol. The number of ketones is 1. The first-order chi connectivity index (χ1) is 10.9. The number of carbonyl (C=O) groups excluding carboxylic acids is 2. The molecule has 0 heterocycles. The van der Waals surface area contributed by atoms with Gasteiger partial charge in [-0.3, -0.25) is 4.79 Å². The molecule has 23 heavy (non-hydrogen) atoms. The van der Waals surface area contributed by atoms with Gasteiger partial charge in [0.15, 0.2) is 6.10 Å². The molecule has 0 aromatic heterocycles. The van der Waals surface area contributed by atoms with Crippen molar-refractivity contribution < 1.29 is 19.1 Å². The summed E-state index contributed by atoms with van der Waals surface area (Å²) in [6.45, 7) is 5.36. The van der Waals surface area contributed by atoms with Crippen LogP contribution in [-0.2, 0) is 4.74 Å². The van der Waals surface area contributed by atoms with E-state index in [0.29, 0.717) is 16.9 Å². The molecule has 4 nitrogen and oxygen atoms in total. The summed E-state index contributed by atoms with van der Waals surface area (Å²) < 4.78 is 10.5. The number of ether oxygens (including phenoxy) is 2. The smallest absolute Gasteiger partial charge is 0.342 e. The fourth-order valence-electron chi connectivity index (χ4n) is 2.31. The van der Waals surface area contributed by atoms with Crippen LogP contribution < -0.4 is 4.74 Å². The first kappa shape index (κ1) is 16.7. The highest BCUT2D eigenvalue weighted by molar-refractivity contribution is 6.02. The van der Waals surface area contributed by atoms with Crippen molar-refractivity contribution in [3.05, 3.63) is 64.7 Å². The van der Waals surface area contributed by atoms with E-state index < -0.39 is 12.1 Å². The number of aryl methyl sites for hydroxylation is 2. The molecule has 0 amide bonds. The number of carbonyl (C=O) groups is 2. The lowest BCUT2D eigenvalue weighted by atomic mass is 9.99. The fraction of sp³-hybridized carbons (Fsp3) is 0.263. The van der Waals surface area contributed by atoms with Crippen LogP contribution in [0, 0.1) is 13.8 Å². The Bertz CT molecular complexity index is 734. The van der Waals surface area contributed by atoms with Crippen molar-refractivity contribution in [1.29, 1.82) is 0 Å². The summed E-state index contributed by atoms with van der Waals surface area (Å²) in [6.07, 6.45) is -0.868. The zero-order valence-corrected chi connectivity index (χ0v) is 13.8. The number of para-hydroxylation sites is 1. The minimum atomic E-state index is -0.868. The topological polar surface area (TPSA) is 52.6 Å². The molecule has 2 aromatic carbocycles. The second-order valence-corrected chi connectivity index (χ2v) is 5.43. The molecule has 0 fully saturated rings. The largest absolute Gasteiger partial charge is 0.496 e. The fourth-order valence-corrected chi connectivity index (χ4v) is 2.31. The maximum absolute atomic E-state index is 12.5. The molecular weight excluding hydrogens is 292 g/mol.